The number of halogens is 1. The van der Waals surface area contributed by atoms with Gasteiger partial charge in [-0.3, -0.25) is 4.90 Å². The smallest absolute Gasteiger partial charge is 0.240 e. The number of oxazole rings is 1. The molecule has 0 spiro atoms. The van der Waals surface area contributed by atoms with Crippen molar-refractivity contribution in [3.63, 3.8) is 0 Å². The fourth-order valence-electron chi connectivity index (χ4n) is 2.71. The van der Waals surface area contributed by atoms with Crippen LogP contribution in [0.2, 0.25) is 5.02 Å². The van der Waals surface area contributed by atoms with Crippen molar-refractivity contribution < 1.29 is 8.94 Å². The summed E-state index contributed by atoms with van der Waals surface area (Å²) in [6.07, 6.45) is 2.33. The molecule has 0 unspecified atom stereocenters. The second-order valence-corrected chi connectivity index (χ2v) is 6.90. The zero-order valence-electron chi connectivity index (χ0n) is 14.2. The second-order valence-electron chi connectivity index (χ2n) is 6.49. The molecule has 1 aliphatic rings. The van der Waals surface area contributed by atoms with Crippen LogP contribution < -0.4 is 0 Å². The Labute approximate surface area is 150 Å². The summed E-state index contributed by atoms with van der Waals surface area (Å²) in [7, 11) is 1.99. The Kier molecular flexibility index (Phi) is 4.31. The number of nitrogens with zero attached hydrogens (tertiary/aromatic N) is 4. The molecule has 1 saturated carbocycles. The molecule has 0 saturated heterocycles. The highest BCUT2D eigenvalue weighted by Crippen LogP contribution is 2.38. The SMILES string of the molecule is Cc1oc(-c2ccccc2Cl)nc1CN(C)Cc1nc(C2CC2)no1. The summed E-state index contributed by atoms with van der Waals surface area (Å²) in [6, 6.07) is 7.53. The Balaban J connectivity index is 1.45. The van der Waals surface area contributed by atoms with Crippen molar-refractivity contribution >= 4 is 11.6 Å². The maximum absolute atomic E-state index is 6.23. The monoisotopic (exact) mass is 358 g/mol. The van der Waals surface area contributed by atoms with Gasteiger partial charge in [-0.1, -0.05) is 28.9 Å². The zero-order chi connectivity index (χ0) is 17.4. The maximum Gasteiger partial charge on any atom is 0.240 e. The van der Waals surface area contributed by atoms with Gasteiger partial charge in [0.1, 0.15) is 5.76 Å². The van der Waals surface area contributed by atoms with Crippen molar-refractivity contribution in [1.82, 2.24) is 20.0 Å². The van der Waals surface area contributed by atoms with Gasteiger partial charge in [-0.15, -0.1) is 0 Å². The van der Waals surface area contributed by atoms with Crippen molar-refractivity contribution in [3.8, 4) is 11.5 Å². The molecule has 0 radical (unpaired) electrons. The van der Waals surface area contributed by atoms with E-state index in [9.17, 15) is 0 Å². The van der Waals surface area contributed by atoms with Crippen LogP contribution in [-0.2, 0) is 13.1 Å². The van der Waals surface area contributed by atoms with Crippen LogP contribution >= 0.6 is 11.6 Å². The van der Waals surface area contributed by atoms with Crippen molar-refractivity contribution in [1.29, 1.82) is 0 Å². The summed E-state index contributed by atoms with van der Waals surface area (Å²) in [5.41, 5.74) is 1.67. The second kappa shape index (κ2) is 6.61. The zero-order valence-corrected chi connectivity index (χ0v) is 15.0. The van der Waals surface area contributed by atoms with E-state index in [1.165, 1.54) is 0 Å². The molecule has 0 bridgehead atoms. The molecule has 7 heteroatoms. The van der Waals surface area contributed by atoms with Crippen LogP contribution in [0.15, 0.2) is 33.2 Å². The molecule has 2 aromatic heterocycles. The minimum atomic E-state index is 0.499. The molecular weight excluding hydrogens is 340 g/mol. The maximum atomic E-state index is 6.23. The summed E-state index contributed by atoms with van der Waals surface area (Å²) < 4.78 is 11.1. The van der Waals surface area contributed by atoms with Crippen LogP contribution in [-0.4, -0.2) is 27.1 Å². The van der Waals surface area contributed by atoms with Crippen molar-refractivity contribution in [2.24, 2.45) is 0 Å². The third kappa shape index (κ3) is 3.60. The lowest BCUT2D eigenvalue weighted by Crippen LogP contribution is -2.18. The Bertz CT molecular complexity index is 885. The fourth-order valence-corrected chi connectivity index (χ4v) is 2.92. The molecule has 6 nitrogen and oxygen atoms in total. The van der Waals surface area contributed by atoms with E-state index in [4.69, 9.17) is 20.5 Å². The Hall–Kier alpha value is -2.18. The summed E-state index contributed by atoms with van der Waals surface area (Å²) in [5.74, 6) is 3.30. The van der Waals surface area contributed by atoms with Crippen LogP contribution in [0.5, 0.6) is 0 Å². The van der Waals surface area contributed by atoms with E-state index in [2.05, 4.69) is 20.0 Å². The lowest BCUT2D eigenvalue weighted by Gasteiger charge is -2.12. The standard InChI is InChI=1S/C18H19ClN4O2/c1-11-15(20-18(24-11)13-5-3-4-6-14(13)19)9-23(2)10-16-21-17(22-25-16)12-7-8-12/h3-6,12H,7-10H2,1-2H3. The minimum Gasteiger partial charge on any atom is -0.441 e. The lowest BCUT2D eigenvalue weighted by molar-refractivity contribution is 0.257. The molecule has 0 atom stereocenters. The van der Waals surface area contributed by atoms with Crippen LogP contribution in [0, 0.1) is 6.92 Å². The highest BCUT2D eigenvalue weighted by Gasteiger charge is 2.29. The fraction of sp³-hybridized carbons (Fsp3) is 0.389. The van der Waals surface area contributed by atoms with Gasteiger partial charge < -0.3 is 8.94 Å². The van der Waals surface area contributed by atoms with E-state index < -0.39 is 0 Å². The Morgan fingerprint density at radius 1 is 1.20 bits per heavy atom. The molecule has 130 valence electrons. The number of hydrogen-bond acceptors (Lipinski definition) is 6. The van der Waals surface area contributed by atoms with E-state index in [1.807, 2.05) is 38.2 Å². The van der Waals surface area contributed by atoms with Crippen molar-refractivity contribution in [2.45, 2.75) is 38.8 Å². The van der Waals surface area contributed by atoms with Crippen LogP contribution in [0.1, 0.15) is 41.9 Å². The van der Waals surface area contributed by atoms with Gasteiger partial charge in [0.05, 0.1) is 22.8 Å². The largest absolute Gasteiger partial charge is 0.441 e. The highest BCUT2D eigenvalue weighted by atomic mass is 35.5. The molecule has 1 fully saturated rings. The van der Waals surface area contributed by atoms with Gasteiger partial charge in [0.15, 0.2) is 5.82 Å². The third-order valence-corrected chi connectivity index (χ3v) is 4.58. The number of aromatic nitrogens is 3. The molecule has 2 heterocycles. The van der Waals surface area contributed by atoms with Gasteiger partial charge >= 0.3 is 0 Å². The first-order chi connectivity index (χ1) is 12.1. The first kappa shape index (κ1) is 16.3. The minimum absolute atomic E-state index is 0.499. The number of rotatable bonds is 6. The van der Waals surface area contributed by atoms with Gasteiger partial charge in [0.2, 0.25) is 11.8 Å². The number of aryl methyl sites for hydroxylation is 1. The Morgan fingerprint density at radius 2 is 2.00 bits per heavy atom. The summed E-state index contributed by atoms with van der Waals surface area (Å²) in [6.45, 7) is 3.11. The predicted octanol–water partition coefficient (Wildman–Crippen LogP) is 4.20. The molecule has 0 aliphatic heterocycles. The summed E-state index contributed by atoms with van der Waals surface area (Å²) in [4.78, 5) is 11.1. The molecule has 1 aliphatic carbocycles. The average Bonchev–Trinajstić information content (AvgIpc) is 3.24. The van der Waals surface area contributed by atoms with Gasteiger partial charge in [0.25, 0.3) is 0 Å². The molecule has 4 rings (SSSR count). The van der Waals surface area contributed by atoms with E-state index in [0.717, 1.165) is 35.7 Å². The predicted molar refractivity (Wildman–Crippen MR) is 93.1 cm³/mol. The molecule has 0 amide bonds. The van der Waals surface area contributed by atoms with Crippen LogP contribution in [0.25, 0.3) is 11.5 Å². The average molecular weight is 359 g/mol. The molecule has 1 aromatic carbocycles. The first-order valence-corrected chi connectivity index (χ1v) is 8.70. The van der Waals surface area contributed by atoms with Gasteiger partial charge in [-0.05, 0) is 38.9 Å². The summed E-state index contributed by atoms with van der Waals surface area (Å²) >= 11 is 6.23. The molecule has 25 heavy (non-hydrogen) atoms. The topological polar surface area (TPSA) is 68.2 Å². The highest BCUT2D eigenvalue weighted by molar-refractivity contribution is 6.33. The van der Waals surface area contributed by atoms with E-state index in [0.29, 0.717) is 35.8 Å². The van der Waals surface area contributed by atoms with Crippen molar-refractivity contribution in [3.05, 3.63) is 52.5 Å². The number of benzene rings is 1. The van der Waals surface area contributed by atoms with Crippen molar-refractivity contribution in [2.75, 3.05) is 7.05 Å². The Morgan fingerprint density at radius 3 is 2.76 bits per heavy atom. The van der Waals surface area contributed by atoms with Crippen LogP contribution in [0.3, 0.4) is 0 Å². The normalized spacial score (nSPS) is 14.4. The van der Waals surface area contributed by atoms with E-state index in [1.54, 1.807) is 0 Å². The quantitative estimate of drug-likeness (QED) is 0.658. The first-order valence-electron chi connectivity index (χ1n) is 8.32. The van der Waals surface area contributed by atoms with E-state index >= 15 is 0 Å². The molecule has 0 N–H and O–H groups in total. The third-order valence-electron chi connectivity index (χ3n) is 4.25. The molecular formula is C18H19ClN4O2. The van der Waals surface area contributed by atoms with Gasteiger partial charge in [-0.2, -0.15) is 4.98 Å². The van der Waals surface area contributed by atoms with E-state index in [-0.39, 0.29) is 0 Å². The van der Waals surface area contributed by atoms with Gasteiger partial charge in [-0.25, -0.2) is 4.98 Å². The van der Waals surface area contributed by atoms with Gasteiger partial charge in [0, 0.05) is 12.5 Å². The van der Waals surface area contributed by atoms with Crippen LogP contribution in [0.4, 0.5) is 0 Å². The summed E-state index contributed by atoms with van der Waals surface area (Å²) in [5, 5.41) is 4.67. The molecule has 3 aromatic rings. The lowest BCUT2D eigenvalue weighted by atomic mass is 10.2. The number of hydrogen-bond donors (Lipinski definition) is 0.